The van der Waals surface area contributed by atoms with Crippen LogP contribution in [0.1, 0.15) is 0 Å². The summed E-state index contributed by atoms with van der Waals surface area (Å²) in [6, 6.07) is 7.52. The molecule has 11 heavy (non-hydrogen) atoms. The van der Waals surface area contributed by atoms with Crippen molar-refractivity contribution in [3.8, 4) is 0 Å². The fourth-order valence-corrected chi connectivity index (χ4v) is 0.854. The largest absolute Gasteiger partial charge is 0.378 e. The van der Waals surface area contributed by atoms with E-state index in [2.05, 4.69) is 5.48 Å². The van der Waals surface area contributed by atoms with Gasteiger partial charge in [0.15, 0.2) is 0 Å². The Hall–Kier alpha value is -1.22. The highest BCUT2D eigenvalue weighted by atomic mass is 16.5. The second-order valence-corrected chi connectivity index (χ2v) is 2.56. The number of anilines is 2. The summed E-state index contributed by atoms with van der Waals surface area (Å²) in [5.74, 6) is 0. The summed E-state index contributed by atoms with van der Waals surface area (Å²) in [6.45, 7) is 0. The fourth-order valence-electron chi connectivity index (χ4n) is 0.854. The SMILES string of the molecule is CN(C)c1cccc(NO)c1. The van der Waals surface area contributed by atoms with Crippen LogP contribution in [-0.4, -0.2) is 19.3 Å². The van der Waals surface area contributed by atoms with Crippen LogP contribution in [-0.2, 0) is 0 Å². The Kier molecular flexibility index (Phi) is 2.33. The molecule has 0 aromatic heterocycles. The molecule has 2 N–H and O–H groups in total. The summed E-state index contributed by atoms with van der Waals surface area (Å²) in [7, 11) is 3.91. The van der Waals surface area contributed by atoms with Crippen LogP contribution >= 0.6 is 0 Å². The zero-order valence-corrected chi connectivity index (χ0v) is 6.70. The van der Waals surface area contributed by atoms with Gasteiger partial charge in [-0.05, 0) is 18.2 Å². The van der Waals surface area contributed by atoms with Crippen LogP contribution in [0.4, 0.5) is 11.4 Å². The molecule has 0 aliphatic heterocycles. The highest BCUT2D eigenvalue weighted by Crippen LogP contribution is 2.15. The van der Waals surface area contributed by atoms with Gasteiger partial charge in [0.25, 0.3) is 0 Å². The van der Waals surface area contributed by atoms with E-state index in [0.29, 0.717) is 5.69 Å². The number of nitrogens with one attached hydrogen (secondary N) is 1. The highest BCUT2D eigenvalue weighted by molar-refractivity contribution is 5.56. The van der Waals surface area contributed by atoms with Crippen LogP contribution in [0.2, 0.25) is 0 Å². The fraction of sp³-hybridized carbons (Fsp3) is 0.250. The first-order valence-corrected chi connectivity index (χ1v) is 3.41. The maximum atomic E-state index is 8.58. The van der Waals surface area contributed by atoms with Gasteiger partial charge < -0.3 is 4.90 Å². The standard InChI is InChI=1S/C8H12N2O/c1-10(2)8-5-3-4-7(6-8)9-11/h3-6,9,11H,1-2H3. The summed E-state index contributed by atoms with van der Waals surface area (Å²) < 4.78 is 0. The number of benzene rings is 1. The van der Waals surface area contributed by atoms with E-state index < -0.39 is 0 Å². The molecular weight excluding hydrogens is 140 g/mol. The van der Waals surface area contributed by atoms with Gasteiger partial charge in [0.2, 0.25) is 0 Å². The van der Waals surface area contributed by atoms with Gasteiger partial charge in [-0.25, -0.2) is 0 Å². The Balaban J connectivity index is 2.91. The molecule has 0 saturated heterocycles. The van der Waals surface area contributed by atoms with Crippen molar-refractivity contribution in [2.75, 3.05) is 24.5 Å². The highest BCUT2D eigenvalue weighted by Gasteiger charge is 1.94. The molecule has 0 heterocycles. The van der Waals surface area contributed by atoms with Crippen LogP contribution in [0.3, 0.4) is 0 Å². The summed E-state index contributed by atoms with van der Waals surface area (Å²) >= 11 is 0. The summed E-state index contributed by atoms with van der Waals surface area (Å²) in [5.41, 5.74) is 3.86. The lowest BCUT2D eigenvalue weighted by atomic mass is 10.3. The second-order valence-electron chi connectivity index (χ2n) is 2.56. The molecule has 0 aliphatic rings. The van der Waals surface area contributed by atoms with E-state index in [-0.39, 0.29) is 0 Å². The molecule has 1 aromatic carbocycles. The maximum absolute atomic E-state index is 8.58. The van der Waals surface area contributed by atoms with Gasteiger partial charge >= 0.3 is 0 Å². The predicted octanol–water partition coefficient (Wildman–Crippen LogP) is 1.55. The average molecular weight is 152 g/mol. The zero-order valence-electron chi connectivity index (χ0n) is 6.70. The third-order valence-electron chi connectivity index (χ3n) is 1.49. The molecule has 1 aromatic rings. The van der Waals surface area contributed by atoms with Gasteiger partial charge in [-0.15, -0.1) is 0 Å². The lowest BCUT2D eigenvalue weighted by Crippen LogP contribution is -2.08. The van der Waals surface area contributed by atoms with Gasteiger partial charge in [-0.3, -0.25) is 10.7 Å². The average Bonchev–Trinajstić information content (AvgIpc) is 2.05. The van der Waals surface area contributed by atoms with E-state index in [1.54, 1.807) is 6.07 Å². The lowest BCUT2D eigenvalue weighted by Gasteiger charge is -2.12. The van der Waals surface area contributed by atoms with Crippen molar-refractivity contribution in [2.45, 2.75) is 0 Å². The molecule has 0 atom stereocenters. The summed E-state index contributed by atoms with van der Waals surface area (Å²) in [4.78, 5) is 1.97. The van der Waals surface area contributed by atoms with E-state index in [1.807, 2.05) is 37.2 Å². The van der Waals surface area contributed by atoms with Crippen molar-refractivity contribution < 1.29 is 5.21 Å². The molecule has 1 rings (SSSR count). The van der Waals surface area contributed by atoms with E-state index in [4.69, 9.17) is 5.21 Å². The third-order valence-corrected chi connectivity index (χ3v) is 1.49. The molecule has 0 amide bonds. The van der Waals surface area contributed by atoms with Crippen molar-refractivity contribution in [1.82, 2.24) is 0 Å². The Morgan fingerprint density at radius 3 is 2.64 bits per heavy atom. The van der Waals surface area contributed by atoms with E-state index >= 15 is 0 Å². The van der Waals surface area contributed by atoms with Gasteiger partial charge in [0, 0.05) is 19.8 Å². The molecule has 3 nitrogen and oxygen atoms in total. The minimum absolute atomic E-state index is 0.705. The van der Waals surface area contributed by atoms with Gasteiger partial charge in [0.1, 0.15) is 0 Å². The topological polar surface area (TPSA) is 35.5 Å². The Labute approximate surface area is 66.2 Å². The zero-order chi connectivity index (χ0) is 8.27. The van der Waals surface area contributed by atoms with E-state index in [0.717, 1.165) is 5.69 Å². The van der Waals surface area contributed by atoms with Crippen molar-refractivity contribution in [1.29, 1.82) is 0 Å². The molecule has 3 heteroatoms. The summed E-state index contributed by atoms with van der Waals surface area (Å²) in [5, 5.41) is 8.58. The van der Waals surface area contributed by atoms with Gasteiger partial charge in [-0.2, -0.15) is 0 Å². The van der Waals surface area contributed by atoms with Crippen molar-refractivity contribution in [2.24, 2.45) is 0 Å². The van der Waals surface area contributed by atoms with E-state index in [9.17, 15) is 0 Å². The molecule has 0 radical (unpaired) electrons. The Bertz CT molecular complexity index is 235. The molecule has 0 fully saturated rings. The molecule has 0 bridgehead atoms. The lowest BCUT2D eigenvalue weighted by molar-refractivity contribution is 0.389. The van der Waals surface area contributed by atoms with Crippen molar-refractivity contribution in [3.63, 3.8) is 0 Å². The molecule has 0 spiro atoms. The number of nitrogens with zero attached hydrogens (tertiary/aromatic N) is 1. The maximum Gasteiger partial charge on any atom is 0.0622 e. The minimum Gasteiger partial charge on any atom is -0.378 e. The molecule has 0 saturated carbocycles. The molecule has 60 valence electrons. The van der Waals surface area contributed by atoms with Gasteiger partial charge in [-0.1, -0.05) is 6.07 Å². The first-order valence-electron chi connectivity index (χ1n) is 3.41. The molecule has 0 unspecified atom stereocenters. The van der Waals surface area contributed by atoms with Crippen LogP contribution in [0, 0.1) is 0 Å². The molecule has 0 aliphatic carbocycles. The Morgan fingerprint density at radius 1 is 1.36 bits per heavy atom. The number of hydrogen-bond donors (Lipinski definition) is 2. The van der Waals surface area contributed by atoms with Gasteiger partial charge in [0.05, 0.1) is 5.69 Å². The number of hydrogen-bond acceptors (Lipinski definition) is 3. The first kappa shape index (κ1) is 7.88. The quantitative estimate of drug-likeness (QED) is 0.631. The van der Waals surface area contributed by atoms with Crippen LogP contribution in [0.5, 0.6) is 0 Å². The number of rotatable bonds is 2. The van der Waals surface area contributed by atoms with Crippen LogP contribution < -0.4 is 10.4 Å². The normalized spacial score (nSPS) is 9.36. The third kappa shape index (κ3) is 1.85. The van der Waals surface area contributed by atoms with Crippen molar-refractivity contribution >= 4 is 11.4 Å². The smallest absolute Gasteiger partial charge is 0.0622 e. The van der Waals surface area contributed by atoms with Crippen molar-refractivity contribution in [3.05, 3.63) is 24.3 Å². The Morgan fingerprint density at radius 2 is 2.09 bits per heavy atom. The summed E-state index contributed by atoms with van der Waals surface area (Å²) in [6.07, 6.45) is 0. The predicted molar refractivity (Wildman–Crippen MR) is 46.2 cm³/mol. The molecular formula is C8H12N2O. The van der Waals surface area contributed by atoms with E-state index in [1.165, 1.54) is 0 Å². The first-order chi connectivity index (χ1) is 5.24. The second kappa shape index (κ2) is 3.25. The minimum atomic E-state index is 0.705. The van der Waals surface area contributed by atoms with Crippen LogP contribution in [0.25, 0.3) is 0 Å². The monoisotopic (exact) mass is 152 g/mol. The van der Waals surface area contributed by atoms with Crippen LogP contribution in [0.15, 0.2) is 24.3 Å².